The summed E-state index contributed by atoms with van der Waals surface area (Å²) >= 11 is 12.3. The summed E-state index contributed by atoms with van der Waals surface area (Å²) in [6.45, 7) is 3.71. The van der Waals surface area contributed by atoms with Gasteiger partial charge in [-0.2, -0.15) is 12.8 Å². The lowest BCUT2D eigenvalue weighted by Gasteiger charge is -2.13. The van der Waals surface area contributed by atoms with Crippen molar-refractivity contribution in [2.75, 3.05) is 0 Å². The second-order valence-corrected chi connectivity index (χ2v) is 7.45. The minimum Gasteiger partial charge on any atom is -0.488 e. The highest BCUT2D eigenvalue weighted by atomic mass is 35.5. The normalized spacial score (nSPS) is 12.0. The highest BCUT2D eigenvalue weighted by Gasteiger charge is 2.13. The zero-order valence-corrected chi connectivity index (χ0v) is 14.9. The third-order valence-corrected chi connectivity index (χ3v) is 4.57. The minimum atomic E-state index is -3.76. The fourth-order valence-corrected chi connectivity index (χ4v) is 3.26. The van der Waals surface area contributed by atoms with Gasteiger partial charge >= 0.3 is 0 Å². The van der Waals surface area contributed by atoms with Crippen molar-refractivity contribution in [3.63, 3.8) is 0 Å². The molecule has 0 amide bonds. The molecule has 0 radical (unpaired) electrons. The summed E-state index contributed by atoms with van der Waals surface area (Å²) in [6, 6.07) is 11.1. The predicted octanol–water partition coefficient (Wildman–Crippen LogP) is 4.59. The van der Waals surface area contributed by atoms with Crippen molar-refractivity contribution >= 4 is 39.4 Å². The number of sulfonamides is 1. The van der Waals surface area contributed by atoms with Crippen LogP contribution in [0.4, 0.5) is 0 Å². The molecule has 0 aliphatic rings. The Morgan fingerprint density at radius 2 is 1.65 bits per heavy atom. The van der Waals surface area contributed by atoms with E-state index in [1.165, 1.54) is 18.3 Å². The highest BCUT2D eigenvalue weighted by molar-refractivity contribution is 7.90. The standard InChI is InChI=1S/C16H15Cl2NO3S/c1-11(2)22-16-14(17)8-12(9-15(16)18)10-19-23(20,21)13-6-4-3-5-7-13/h3-11H,1-2H3/b19-10-. The van der Waals surface area contributed by atoms with Gasteiger partial charge in [-0.1, -0.05) is 41.4 Å². The molecule has 0 aliphatic carbocycles. The van der Waals surface area contributed by atoms with Gasteiger partial charge in [0.05, 0.1) is 21.0 Å². The Hall–Kier alpha value is -1.56. The quantitative estimate of drug-likeness (QED) is 0.722. The lowest BCUT2D eigenvalue weighted by Crippen LogP contribution is -2.06. The number of benzene rings is 2. The van der Waals surface area contributed by atoms with Gasteiger partial charge in [0.2, 0.25) is 0 Å². The van der Waals surface area contributed by atoms with Gasteiger partial charge in [-0.05, 0) is 43.7 Å². The smallest absolute Gasteiger partial charge is 0.282 e. The zero-order valence-electron chi connectivity index (χ0n) is 12.5. The van der Waals surface area contributed by atoms with E-state index in [2.05, 4.69) is 4.40 Å². The fraction of sp³-hybridized carbons (Fsp3) is 0.188. The summed E-state index contributed by atoms with van der Waals surface area (Å²) in [5, 5.41) is 0.592. The largest absolute Gasteiger partial charge is 0.488 e. The van der Waals surface area contributed by atoms with E-state index in [1.807, 2.05) is 13.8 Å². The topological polar surface area (TPSA) is 55.7 Å². The van der Waals surface area contributed by atoms with Crippen LogP contribution in [0.2, 0.25) is 10.0 Å². The van der Waals surface area contributed by atoms with E-state index in [1.54, 1.807) is 30.3 Å². The second-order valence-electron chi connectivity index (χ2n) is 5.00. The van der Waals surface area contributed by atoms with Crippen LogP contribution in [0.1, 0.15) is 19.4 Å². The van der Waals surface area contributed by atoms with Gasteiger partial charge in [-0.3, -0.25) is 0 Å². The number of rotatable bonds is 5. The summed E-state index contributed by atoms with van der Waals surface area (Å²) in [4.78, 5) is 0.119. The van der Waals surface area contributed by atoms with E-state index in [9.17, 15) is 8.42 Å². The molecule has 23 heavy (non-hydrogen) atoms. The van der Waals surface area contributed by atoms with Crippen molar-refractivity contribution in [3.05, 3.63) is 58.1 Å². The Kier molecular flexibility index (Phi) is 5.68. The Bertz CT molecular complexity index is 795. The van der Waals surface area contributed by atoms with Crippen LogP contribution in [0.15, 0.2) is 51.8 Å². The maximum absolute atomic E-state index is 12.1. The van der Waals surface area contributed by atoms with Crippen molar-refractivity contribution in [3.8, 4) is 5.75 Å². The van der Waals surface area contributed by atoms with Crippen LogP contribution in [0.25, 0.3) is 0 Å². The minimum absolute atomic E-state index is 0.0806. The first-order chi connectivity index (χ1) is 10.8. The number of ether oxygens (including phenoxy) is 1. The van der Waals surface area contributed by atoms with E-state index >= 15 is 0 Å². The molecule has 0 spiro atoms. The van der Waals surface area contributed by atoms with Crippen LogP contribution in [-0.2, 0) is 10.0 Å². The molecule has 2 rings (SSSR count). The van der Waals surface area contributed by atoms with Gasteiger partial charge in [-0.25, -0.2) is 0 Å². The SMILES string of the molecule is CC(C)Oc1c(Cl)cc(/C=N\S(=O)(=O)c2ccccc2)cc1Cl. The van der Waals surface area contributed by atoms with E-state index < -0.39 is 10.0 Å². The molecule has 0 saturated heterocycles. The number of nitrogens with zero attached hydrogens (tertiary/aromatic N) is 1. The Balaban J connectivity index is 2.30. The van der Waals surface area contributed by atoms with E-state index in [-0.39, 0.29) is 11.0 Å². The monoisotopic (exact) mass is 371 g/mol. The van der Waals surface area contributed by atoms with Crippen LogP contribution in [0.3, 0.4) is 0 Å². The van der Waals surface area contributed by atoms with Gasteiger partial charge in [0, 0.05) is 6.21 Å². The van der Waals surface area contributed by atoms with E-state index in [4.69, 9.17) is 27.9 Å². The molecular formula is C16H15Cl2NO3S. The molecule has 0 N–H and O–H groups in total. The first-order valence-corrected chi connectivity index (χ1v) is 9.00. The molecule has 0 aromatic heterocycles. The predicted molar refractivity (Wildman–Crippen MR) is 93.4 cm³/mol. The lowest BCUT2D eigenvalue weighted by atomic mass is 10.2. The summed E-state index contributed by atoms with van der Waals surface area (Å²) in [6.07, 6.45) is 1.13. The molecule has 2 aromatic rings. The maximum Gasteiger partial charge on any atom is 0.282 e. The molecule has 4 nitrogen and oxygen atoms in total. The van der Waals surface area contributed by atoms with Gasteiger partial charge < -0.3 is 4.74 Å². The second kappa shape index (κ2) is 7.34. The fourth-order valence-electron chi connectivity index (χ4n) is 1.79. The molecule has 0 saturated carbocycles. The highest BCUT2D eigenvalue weighted by Crippen LogP contribution is 2.34. The van der Waals surface area contributed by atoms with Gasteiger partial charge in [0.25, 0.3) is 10.0 Å². The van der Waals surface area contributed by atoms with Crippen LogP contribution < -0.4 is 4.74 Å². The lowest BCUT2D eigenvalue weighted by molar-refractivity contribution is 0.243. The molecule has 0 aliphatic heterocycles. The molecule has 0 unspecified atom stereocenters. The third kappa shape index (κ3) is 4.70. The van der Waals surface area contributed by atoms with Crippen molar-refractivity contribution in [2.24, 2.45) is 4.40 Å². The Morgan fingerprint density at radius 1 is 1.09 bits per heavy atom. The molecule has 7 heteroatoms. The Labute approximate surface area is 145 Å². The van der Waals surface area contributed by atoms with Crippen LogP contribution in [0, 0.1) is 0 Å². The van der Waals surface area contributed by atoms with Gasteiger partial charge in [0.1, 0.15) is 0 Å². The number of halogens is 2. The van der Waals surface area contributed by atoms with Crippen LogP contribution >= 0.6 is 23.2 Å². The molecule has 0 bridgehead atoms. The van der Waals surface area contributed by atoms with Crippen molar-refractivity contribution < 1.29 is 13.2 Å². The molecule has 0 atom stereocenters. The van der Waals surface area contributed by atoms with Crippen LogP contribution in [-0.4, -0.2) is 20.7 Å². The third-order valence-electron chi connectivity index (χ3n) is 2.76. The first kappa shape index (κ1) is 17.8. The summed E-state index contributed by atoms with van der Waals surface area (Å²) in [7, 11) is -3.76. The van der Waals surface area contributed by atoms with E-state index in [0.717, 1.165) is 0 Å². The summed E-state index contributed by atoms with van der Waals surface area (Å²) < 4.78 is 33.4. The average molecular weight is 372 g/mol. The van der Waals surface area contributed by atoms with Crippen molar-refractivity contribution in [1.82, 2.24) is 0 Å². The molecule has 122 valence electrons. The molecule has 2 aromatic carbocycles. The van der Waals surface area contributed by atoms with Crippen molar-refractivity contribution in [2.45, 2.75) is 24.8 Å². The molecular weight excluding hydrogens is 357 g/mol. The average Bonchev–Trinajstić information content (AvgIpc) is 2.50. The Morgan fingerprint density at radius 3 is 2.17 bits per heavy atom. The van der Waals surface area contributed by atoms with Crippen LogP contribution in [0.5, 0.6) is 5.75 Å². The number of hydrogen-bond donors (Lipinski definition) is 0. The summed E-state index contributed by atoms with van der Waals surface area (Å²) in [5.41, 5.74) is 0.468. The van der Waals surface area contributed by atoms with Crippen molar-refractivity contribution in [1.29, 1.82) is 0 Å². The zero-order chi connectivity index (χ0) is 17.0. The number of hydrogen-bond acceptors (Lipinski definition) is 3. The molecule has 0 fully saturated rings. The van der Waals surface area contributed by atoms with E-state index in [0.29, 0.717) is 21.4 Å². The first-order valence-electron chi connectivity index (χ1n) is 6.80. The van der Waals surface area contributed by atoms with Gasteiger partial charge in [0.15, 0.2) is 5.75 Å². The maximum atomic E-state index is 12.1. The van der Waals surface area contributed by atoms with Gasteiger partial charge in [-0.15, -0.1) is 0 Å². The summed E-state index contributed by atoms with van der Waals surface area (Å²) in [5.74, 6) is 0.367. The molecule has 0 heterocycles.